The Morgan fingerprint density at radius 2 is 1.50 bits per heavy atom. The highest BCUT2D eigenvalue weighted by Crippen LogP contribution is 2.41. The molecule has 0 aromatic heterocycles. The molecule has 122 valence electrons. The minimum Gasteiger partial charge on any atom is -0.475 e. The van der Waals surface area contributed by atoms with Gasteiger partial charge in [0.05, 0.1) is 0 Å². The fourth-order valence-corrected chi connectivity index (χ4v) is 2.58. The summed E-state index contributed by atoms with van der Waals surface area (Å²) in [6, 6.07) is 10.2. The van der Waals surface area contributed by atoms with Crippen LogP contribution in [0, 0.1) is 0 Å². The van der Waals surface area contributed by atoms with Crippen LogP contribution in [0.3, 0.4) is 0 Å². The van der Waals surface area contributed by atoms with Crippen LogP contribution in [-0.4, -0.2) is 30.3 Å². The van der Waals surface area contributed by atoms with Crippen molar-refractivity contribution in [3.8, 4) is 0 Å². The van der Waals surface area contributed by atoms with Crippen LogP contribution in [0.25, 0.3) is 0 Å². The minimum absolute atomic E-state index is 0.762. The van der Waals surface area contributed by atoms with E-state index in [4.69, 9.17) is 9.90 Å². The summed E-state index contributed by atoms with van der Waals surface area (Å²) in [5.41, 5.74) is 3.11. The maximum Gasteiger partial charge on any atom is 0.490 e. The van der Waals surface area contributed by atoms with Gasteiger partial charge in [-0.3, -0.25) is 0 Å². The van der Waals surface area contributed by atoms with Crippen LogP contribution in [0.4, 0.5) is 13.2 Å². The van der Waals surface area contributed by atoms with E-state index >= 15 is 0 Å². The number of carboxylic acids is 1. The van der Waals surface area contributed by atoms with E-state index < -0.39 is 12.1 Å². The Balaban J connectivity index is 0.000000217. The molecule has 2 fully saturated rings. The third kappa shape index (κ3) is 4.47. The van der Waals surface area contributed by atoms with E-state index in [1.165, 1.54) is 25.7 Å². The first kappa shape index (κ1) is 16.8. The molecule has 3 nitrogen and oxygen atoms in total. The lowest BCUT2D eigenvalue weighted by Crippen LogP contribution is -2.37. The molecular weight excluding hydrogens is 295 g/mol. The van der Waals surface area contributed by atoms with Crippen molar-refractivity contribution in [3.63, 3.8) is 0 Å². The summed E-state index contributed by atoms with van der Waals surface area (Å²) in [6.45, 7) is 0. The van der Waals surface area contributed by atoms with Gasteiger partial charge in [-0.2, -0.15) is 13.2 Å². The molecule has 0 saturated heterocycles. The lowest BCUT2D eigenvalue weighted by atomic mass is 9.76. The molecule has 1 aromatic rings. The Kier molecular flexibility index (Phi) is 5.11. The van der Waals surface area contributed by atoms with Crippen molar-refractivity contribution in [2.45, 2.75) is 49.7 Å². The van der Waals surface area contributed by atoms with Crippen molar-refractivity contribution in [2.75, 3.05) is 7.05 Å². The second-order valence-electron chi connectivity index (χ2n) is 5.90. The largest absolute Gasteiger partial charge is 0.490 e. The quantitative estimate of drug-likeness (QED) is 0.895. The molecule has 2 aliphatic rings. The van der Waals surface area contributed by atoms with Gasteiger partial charge < -0.3 is 10.4 Å². The van der Waals surface area contributed by atoms with Crippen LogP contribution in [0.2, 0.25) is 0 Å². The maximum atomic E-state index is 10.6. The Morgan fingerprint density at radius 1 is 1.09 bits per heavy atom. The zero-order valence-corrected chi connectivity index (χ0v) is 12.4. The van der Waals surface area contributed by atoms with Crippen LogP contribution in [-0.2, 0) is 4.79 Å². The summed E-state index contributed by atoms with van der Waals surface area (Å²) in [6.07, 6.45) is 0.369. The van der Waals surface area contributed by atoms with Crippen molar-refractivity contribution in [2.24, 2.45) is 0 Å². The van der Waals surface area contributed by atoms with Crippen molar-refractivity contribution in [3.05, 3.63) is 35.4 Å². The molecule has 0 radical (unpaired) electrons. The number of alkyl halides is 3. The topological polar surface area (TPSA) is 49.3 Å². The number of hydrogen-bond donors (Lipinski definition) is 2. The first-order valence-corrected chi connectivity index (χ1v) is 7.38. The summed E-state index contributed by atoms with van der Waals surface area (Å²) >= 11 is 0. The summed E-state index contributed by atoms with van der Waals surface area (Å²) in [5.74, 6) is -1.05. The minimum atomic E-state index is -5.08. The number of carbonyl (C=O) groups is 1. The lowest BCUT2D eigenvalue weighted by Gasteiger charge is -2.35. The average molecular weight is 315 g/mol. The van der Waals surface area contributed by atoms with Crippen molar-refractivity contribution < 1.29 is 23.1 Å². The van der Waals surface area contributed by atoms with Gasteiger partial charge >= 0.3 is 12.1 Å². The first-order chi connectivity index (χ1) is 10.3. The number of hydrogen-bond acceptors (Lipinski definition) is 2. The number of aliphatic carboxylic acids is 1. The van der Waals surface area contributed by atoms with Crippen LogP contribution < -0.4 is 5.32 Å². The fraction of sp³-hybridized carbons (Fsp3) is 0.562. The smallest absolute Gasteiger partial charge is 0.475 e. The highest BCUT2D eigenvalue weighted by Gasteiger charge is 2.38. The molecule has 0 bridgehead atoms. The van der Waals surface area contributed by atoms with Crippen LogP contribution in [0.1, 0.15) is 48.6 Å². The fourth-order valence-electron chi connectivity index (χ4n) is 2.58. The van der Waals surface area contributed by atoms with E-state index in [2.05, 4.69) is 36.6 Å². The Labute approximate surface area is 127 Å². The molecule has 6 heteroatoms. The van der Waals surface area contributed by atoms with Crippen LogP contribution in [0.15, 0.2) is 24.3 Å². The van der Waals surface area contributed by atoms with Crippen LogP contribution >= 0.6 is 0 Å². The number of benzene rings is 1. The van der Waals surface area contributed by atoms with E-state index in [1.54, 1.807) is 11.1 Å². The van der Waals surface area contributed by atoms with Gasteiger partial charge in [0.25, 0.3) is 0 Å². The Hall–Kier alpha value is -1.56. The molecule has 3 rings (SSSR count). The van der Waals surface area contributed by atoms with E-state index in [0.717, 1.165) is 17.9 Å². The first-order valence-electron chi connectivity index (χ1n) is 7.38. The van der Waals surface area contributed by atoms with E-state index in [0.29, 0.717) is 0 Å². The van der Waals surface area contributed by atoms with Gasteiger partial charge in [0.1, 0.15) is 0 Å². The lowest BCUT2D eigenvalue weighted by molar-refractivity contribution is -0.192. The van der Waals surface area contributed by atoms with Crippen molar-refractivity contribution >= 4 is 5.97 Å². The van der Waals surface area contributed by atoms with Gasteiger partial charge in [-0.25, -0.2) is 4.79 Å². The van der Waals surface area contributed by atoms with E-state index in [9.17, 15) is 13.2 Å². The van der Waals surface area contributed by atoms with Crippen molar-refractivity contribution in [1.82, 2.24) is 5.32 Å². The molecule has 0 unspecified atom stereocenters. The molecule has 22 heavy (non-hydrogen) atoms. The van der Waals surface area contributed by atoms with Gasteiger partial charge in [0.15, 0.2) is 0 Å². The van der Waals surface area contributed by atoms with E-state index in [-0.39, 0.29) is 0 Å². The van der Waals surface area contributed by atoms with Gasteiger partial charge in [0.2, 0.25) is 0 Å². The third-order valence-electron chi connectivity index (χ3n) is 4.25. The molecule has 2 aliphatic carbocycles. The maximum absolute atomic E-state index is 10.6. The van der Waals surface area contributed by atoms with Gasteiger partial charge in [-0.15, -0.1) is 0 Å². The predicted molar refractivity (Wildman–Crippen MR) is 76.9 cm³/mol. The van der Waals surface area contributed by atoms with Crippen LogP contribution in [0.5, 0.6) is 0 Å². The second-order valence-corrected chi connectivity index (χ2v) is 5.90. The average Bonchev–Trinajstić information content (AvgIpc) is 3.22. The second kappa shape index (κ2) is 6.69. The summed E-state index contributed by atoms with van der Waals surface area (Å²) in [4.78, 5) is 8.90. The molecule has 2 N–H and O–H groups in total. The third-order valence-corrected chi connectivity index (χ3v) is 4.25. The highest BCUT2D eigenvalue weighted by molar-refractivity contribution is 5.73. The summed E-state index contributed by atoms with van der Waals surface area (Å²) in [7, 11) is 2.07. The highest BCUT2D eigenvalue weighted by atomic mass is 19.4. The molecule has 0 atom stereocenters. The van der Waals surface area contributed by atoms with Gasteiger partial charge in [0, 0.05) is 6.04 Å². The molecule has 0 heterocycles. The zero-order valence-electron chi connectivity index (χ0n) is 12.4. The number of rotatable bonds is 3. The standard InChI is InChI=1S/C14H19N.C2HF3O2/c1-15-14-8-13(9-14)12-6-4-11(5-7-12)10-2-3-10;3-2(4,5)1(6)7/h4-7,10,13-15H,2-3,8-9H2,1H3;(H,6,7). The normalized spacial score (nSPS) is 24.0. The Bertz CT molecular complexity index is 503. The Morgan fingerprint density at radius 3 is 1.82 bits per heavy atom. The SMILES string of the molecule is CNC1CC(c2ccc(C3CC3)cc2)C1.O=C(O)C(F)(F)F. The van der Waals surface area contributed by atoms with Crippen molar-refractivity contribution in [1.29, 1.82) is 0 Å². The molecule has 2 saturated carbocycles. The molecule has 0 spiro atoms. The molecule has 0 aliphatic heterocycles. The molecular formula is C16H20F3NO2. The molecule has 0 amide bonds. The predicted octanol–water partition coefficient (Wildman–Crippen LogP) is 3.66. The summed E-state index contributed by atoms with van der Waals surface area (Å²) in [5, 5.41) is 10.5. The number of halogens is 3. The number of nitrogens with one attached hydrogen (secondary N) is 1. The van der Waals surface area contributed by atoms with Gasteiger partial charge in [-0.1, -0.05) is 24.3 Å². The summed E-state index contributed by atoms with van der Waals surface area (Å²) < 4.78 is 31.7. The monoisotopic (exact) mass is 315 g/mol. The van der Waals surface area contributed by atoms with Gasteiger partial charge in [-0.05, 0) is 55.7 Å². The van der Waals surface area contributed by atoms with E-state index in [1.807, 2.05) is 0 Å². The number of carboxylic acid groups (broad SMARTS) is 1. The molecule has 1 aromatic carbocycles. The zero-order chi connectivity index (χ0) is 16.3.